The Kier molecular flexibility index (Phi) is 4.58. The lowest BCUT2D eigenvalue weighted by Gasteiger charge is -2.25. The van der Waals surface area contributed by atoms with Crippen molar-refractivity contribution in [3.05, 3.63) is 18.2 Å². The van der Waals surface area contributed by atoms with Crippen LogP contribution in [-0.2, 0) is 13.8 Å². The molecule has 1 fully saturated rings. The predicted octanol–water partition coefficient (Wildman–Crippen LogP) is -0.0744. The molecule has 0 bridgehead atoms. The normalized spacial score (nSPS) is 30.1. The smallest absolute Gasteiger partial charge is 0.458 e. The molecule has 0 unspecified atom stereocenters. The molecule has 5 N–H and O–H groups in total. The monoisotopic (exact) mass is 375 g/mol. The lowest BCUT2D eigenvalue weighted by Crippen LogP contribution is -2.43. The summed E-state index contributed by atoms with van der Waals surface area (Å²) < 4.78 is 26.3. The Morgan fingerprint density at radius 1 is 1.44 bits per heavy atom. The number of aromatic nitrogens is 2. The lowest BCUT2D eigenvalue weighted by molar-refractivity contribution is -0.0643. The third-order valence-corrected chi connectivity index (χ3v) is 4.59. The zero-order chi connectivity index (χ0) is 18.4. The highest BCUT2D eigenvalue weighted by molar-refractivity contribution is 7.46. The van der Waals surface area contributed by atoms with Crippen LogP contribution in [0.1, 0.15) is 18.6 Å². The van der Waals surface area contributed by atoms with E-state index in [9.17, 15) is 14.8 Å². The van der Waals surface area contributed by atoms with Gasteiger partial charge in [-0.3, -0.25) is 4.52 Å². The van der Waals surface area contributed by atoms with Gasteiger partial charge in [0.05, 0.1) is 12.9 Å². The summed E-state index contributed by atoms with van der Waals surface area (Å²) in [6.45, 7) is 0.753. The second kappa shape index (κ2) is 6.29. The number of rotatable bonds is 5. The van der Waals surface area contributed by atoms with E-state index in [1.54, 1.807) is 7.05 Å². The van der Waals surface area contributed by atoms with Crippen molar-refractivity contribution in [2.24, 2.45) is 0 Å². The van der Waals surface area contributed by atoms with Crippen molar-refractivity contribution in [1.29, 1.82) is 0 Å². The average Bonchev–Trinajstić information content (AvgIpc) is 3.05. The first kappa shape index (κ1) is 18.2. The van der Waals surface area contributed by atoms with Crippen LogP contribution in [0.25, 0.3) is 11.1 Å². The number of phosphoric ester groups is 1. The SMILES string of the molecule is CNc1ncnc2c([C@@H]3O[C@H](COP(=O)(O)O)[C@@H](O)[C@@]3(C)O)coc12. The van der Waals surface area contributed by atoms with Gasteiger partial charge in [0, 0.05) is 12.6 Å². The van der Waals surface area contributed by atoms with Crippen LogP contribution in [0.3, 0.4) is 0 Å². The molecule has 138 valence electrons. The molecule has 1 aliphatic heterocycles. The van der Waals surface area contributed by atoms with Crippen molar-refractivity contribution in [3.63, 3.8) is 0 Å². The first-order chi connectivity index (χ1) is 11.6. The summed E-state index contributed by atoms with van der Waals surface area (Å²) in [4.78, 5) is 25.7. The van der Waals surface area contributed by atoms with Crippen LogP contribution in [-0.4, -0.2) is 61.4 Å². The van der Waals surface area contributed by atoms with E-state index in [1.165, 1.54) is 19.5 Å². The maximum Gasteiger partial charge on any atom is 0.469 e. The number of phosphoric acid groups is 1. The zero-order valence-electron chi connectivity index (χ0n) is 13.4. The standard InChI is InChI=1S/C13H18N3O8P/c1-13(18)10(17)7(4-23-25(19,20)21)24-11(13)6-3-22-9-8(6)15-5-16-12(9)14-2/h3,5,7,10-11,17-18H,4H2,1-2H3,(H,14,15,16)(H2,19,20,21)/t7-,10-,11+,13-/m1/s1. The molecule has 0 spiro atoms. The van der Waals surface area contributed by atoms with Crippen LogP contribution in [0.5, 0.6) is 0 Å². The number of aliphatic hydroxyl groups is 2. The summed E-state index contributed by atoms with van der Waals surface area (Å²) in [7, 11) is -3.08. The van der Waals surface area contributed by atoms with Crippen LogP contribution < -0.4 is 5.32 Å². The first-order valence-electron chi connectivity index (χ1n) is 7.31. The van der Waals surface area contributed by atoms with E-state index in [4.69, 9.17) is 18.9 Å². The molecule has 25 heavy (non-hydrogen) atoms. The van der Waals surface area contributed by atoms with Gasteiger partial charge in [-0.1, -0.05) is 0 Å². The van der Waals surface area contributed by atoms with E-state index in [0.717, 1.165) is 0 Å². The van der Waals surface area contributed by atoms with Crippen LogP contribution >= 0.6 is 7.82 Å². The molecule has 4 atom stereocenters. The molecule has 0 saturated carbocycles. The molecular formula is C13H18N3O8P. The van der Waals surface area contributed by atoms with Gasteiger partial charge < -0.3 is 34.5 Å². The Hall–Kier alpha value is -1.59. The number of hydrogen-bond donors (Lipinski definition) is 5. The summed E-state index contributed by atoms with van der Waals surface area (Å²) in [5, 5.41) is 23.8. The fourth-order valence-electron chi connectivity index (χ4n) is 2.84. The van der Waals surface area contributed by atoms with Crippen molar-refractivity contribution < 1.29 is 38.2 Å². The quantitative estimate of drug-likeness (QED) is 0.443. The molecule has 1 saturated heterocycles. The van der Waals surface area contributed by atoms with E-state index in [1.807, 2.05) is 0 Å². The number of fused-ring (bicyclic) bond motifs is 1. The Morgan fingerprint density at radius 3 is 2.80 bits per heavy atom. The van der Waals surface area contributed by atoms with Gasteiger partial charge in [0.25, 0.3) is 0 Å². The molecular weight excluding hydrogens is 357 g/mol. The number of aliphatic hydroxyl groups excluding tert-OH is 1. The first-order valence-corrected chi connectivity index (χ1v) is 8.84. The van der Waals surface area contributed by atoms with E-state index >= 15 is 0 Å². The van der Waals surface area contributed by atoms with Crippen molar-refractivity contribution in [1.82, 2.24) is 9.97 Å². The highest BCUT2D eigenvalue weighted by Gasteiger charge is 2.54. The Balaban J connectivity index is 1.93. The molecule has 0 aromatic carbocycles. The zero-order valence-corrected chi connectivity index (χ0v) is 14.3. The molecule has 11 nitrogen and oxygen atoms in total. The van der Waals surface area contributed by atoms with Crippen molar-refractivity contribution in [2.45, 2.75) is 30.8 Å². The average molecular weight is 375 g/mol. The highest BCUT2D eigenvalue weighted by Crippen LogP contribution is 2.46. The Morgan fingerprint density at radius 2 is 2.16 bits per heavy atom. The van der Waals surface area contributed by atoms with E-state index in [-0.39, 0.29) is 0 Å². The molecule has 0 amide bonds. The second-order valence-corrected chi connectivity index (χ2v) is 7.09. The minimum absolute atomic E-state index is 0.351. The molecule has 1 aliphatic rings. The molecule has 0 radical (unpaired) electrons. The third-order valence-electron chi connectivity index (χ3n) is 4.10. The van der Waals surface area contributed by atoms with Gasteiger partial charge >= 0.3 is 7.82 Å². The van der Waals surface area contributed by atoms with Gasteiger partial charge in [-0.05, 0) is 6.92 Å². The molecule has 12 heteroatoms. The maximum absolute atomic E-state index is 10.8. The van der Waals surface area contributed by atoms with E-state index < -0.39 is 38.3 Å². The van der Waals surface area contributed by atoms with Gasteiger partial charge in [-0.25, -0.2) is 14.5 Å². The second-order valence-electron chi connectivity index (χ2n) is 5.85. The molecule has 0 aliphatic carbocycles. The van der Waals surface area contributed by atoms with Gasteiger partial charge in [0.1, 0.15) is 35.8 Å². The summed E-state index contributed by atoms with van der Waals surface area (Å²) in [5.41, 5.74) is -0.654. The topological polar surface area (TPSA) is 167 Å². The molecule has 2 aromatic heterocycles. The number of nitrogens with one attached hydrogen (secondary N) is 1. The highest BCUT2D eigenvalue weighted by atomic mass is 31.2. The lowest BCUT2D eigenvalue weighted by atomic mass is 9.89. The predicted molar refractivity (Wildman–Crippen MR) is 83.6 cm³/mol. The third kappa shape index (κ3) is 3.27. The largest absolute Gasteiger partial charge is 0.469 e. The Labute approximate surface area is 141 Å². The maximum atomic E-state index is 10.8. The molecule has 2 aromatic rings. The van der Waals surface area contributed by atoms with Crippen molar-refractivity contribution in [3.8, 4) is 0 Å². The molecule has 3 rings (SSSR count). The van der Waals surface area contributed by atoms with Crippen LogP contribution in [0.15, 0.2) is 17.0 Å². The number of anilines is 1. The fourth-order valence-corrected chi connectivity index (χ4v) is 3.18. The van der Waals surface area contributed by atoms with Crippen LogP contribution in [0.2, 0.25) is 0 Å². The Bertz CT molecular complexity index is 819. The van der Waals surface area contributed by atoms with Crippen molar-refractivity contribution in [2.75, 3.05) is 19.0 Å². The molecule has 3 heterocycles. The van der Waals surface area contributed by atoms with Gasteiger partial charge in [-0.2, -0.15) is 0 Å². The summed E-state index contributed by atoms with van der Waals surface area (Å²) in [5.74, 6) is 0.441. The number of furan rings is 1. The van der Waals surface area contributed by atoms with E-state index in [2.05, 4.69) is 19.8 Å². The minimum Gasteiger partial charge on any atom is -0.458 e. The van der Waals surface area contributed by atoms with Gasteiger partial charge in [0.15, 0.2) is 11.4 Å². The number of nitrogens with zero attached hydrogens (tertiary/aromatic N) is 2. The van der Waals surface area contributed by atoms with E-state index in [0.29, 0.717) is 22.5 Å². The minimum atomic E-state index is -4.74. The summed E-state index contributed by atoms with van der Waals surface area (Å²) >= 11 is 0. The van der Waals surface area contributed by atoms with Gasteiger partial charge in [-0.15, -0.1) is 0 Å². The summed E-state index contributed by atoms with van der Waals surface area (Å²) in [6.07, 6.45) is -1.00. The van der Waals surface area contributed by atoms with Gasteiger partial charge in [0.2, 0.25) is 0 Å². The number of ether oxygens (including phenoxy) is 1. The fraction of sp³-hybridized carbons (Fsp3) is 0.538. The van der Waals surface area contributed by atoms with Crippen LogP contribution in [0.4, 0.5) is 5.82 Å². The van der Waals surface area contributed by atoms with Crippen molar-refractivity contribution >= 4 is 24.7 Å². The number of hydrogen-bond acceptors (Lipinski definition) is 9. The summed E-state index contributed by atoms with van der Waals surface area (Å²) in [6, 6.07) is 0. The van der Waals surface area contributed by atoms with Crippen LogP contribution in [0, 0.1) is 0 Å².